The Balaban J connectivity index is -0.0000000200. The van der Waals surface area contributed by atoms with E-state index in [2.05, 4.69) is 5.32 Å². The molecule has 0 aliphatic carbocycles. The van der Waals surface area contributed by atoms with Crippen molar-refractivity contribution in [3.8, 4) is 0 Å². The van der Waals surface area contributed by atoms with Crippen LogP contribution < -0.4 is 51.4 Å². The minimum absolute atomic E-state index is 0. The van der Waals surface area contributed by atoms with E-state index in [1.54, 1.807) is 14.1 Å². The molecule has 3 radical (unpaired) electrons. The normalized spacial score (nSPS) is 3.60. The van der Waals surface area contributed by atoms with Crippen LogP contribution in [0.3, 0.4) is 0 Å². The van der Waals surface area contributed by atoms with E-state index >= 15 is 0 Å². The molecule has 0 unspecified atom stereocenters. The van der Waals surface area contributed by atoms with Gasteiger partial charge >= 0.3 is 51.4 Å². The Morgan fingerprint density at radius 2 is 1.20 bits per heavy atom. The average Bonchev–Trinajstić information content (AvgIpc) is 0.918. The maximum absolute atomic E-state index is 3.50. The van der Waals surface area contributed by atoms with Gasteiger partial charge in [-0.25, -0.2) is 0 Å². The molecule has 0 spiro atoms. The van der Waals surface area contributed by atoms with E-state index in [0.29, 0.717) is 0 Å². The summed E-state index contributed by atoms with van der Waals surface area (Å²) >= 11 is 0. The van der Waals surface area contributed by atoms with Crippen molar-refractivity contribution < 1.29 is 51.4 Å². The van der Waals surface area contributed by atoms with Crippen LogP contribution in [0, 0.1) is 0 Å². The fourth-order valence-electron chi connectivity index (χ4n) is 0. The summed E-state index contributed by atoms with van der Waals surface area (Å²) < 4.78 is 0. The van der Waals surface area contributed by atoms with Crippen LogP contribution in [0.4, 0.5) is 0 Å². The molecule has 0 fully saturated rings. The Bertz CT molecular complexity index is 9.61. The first-order chi connectivity index (χ1) is 1.41. The van der Waals surface area contributed by atoms with Crippen molar-refractivity contribution in [2.75, 3.05) is 14.1 Å². The number of rotatable bonds is 0. The first-order valence-corrected chi connectivity index (χ1v) is 0.894. The van der Waals surface area contributed by atoms with Gasteiger partial charge in [0.2, 0.25) is 0 Å². The summed E-state index contributed by atoms with van der Waals surface area (Å²) in [6, 6.07) is 0. The molecule has 23 valence electrons. The summed E-state index contributed by atoms with van der Waals surface area (Å²) in [5.41, 5.74) is 0. The Hall–Kier alpha value is 1.66. The third-order valence-electron chi connectivity index (χ3n) is 0. The standard InChI is InChI=1S/C2H6N.B.K/c1-3-2;;/h1-2H3;;/q-1;;+1. The second-order valence-electron chi connectivity index (χ2n) is 0.447. The van der Waals surface area contributed by atoms with Gasteiger partial charge in [-0.3, -0.25) is 0 Å². The molecule has 1 nitrogen and oxygen atoms in total. The van der Waals surface area contributed by atoms with Gasteiger partial charge in [0.05, 0.1) is 0 Å². The van der Waals surface area contributed by atoms with Gasteiger partial charge in [0.25, 0.3) is 0 Å². The molecule has 3 heteroatoms. The molecular formula is C2H6BKN. The van der Waals surface area contributed by atoms with Crippen LogP contribution in [-0.2, 0) is 0 Å². The third-order valence-corrected chi connectivity index (χ3v) is 0. The van der Waals surface area contributed by atoms with Gasteiger partial charge in [-0.2, -0.15) is 14.1 Å². The van der Waals surface area contributed by atoms with Gasteiger partial charge < -0.3 is 5.32 Å². The molecule has 0 N–H and O–H groups in total. The van der Waals surface area contributed by atoms with Gasteiger partial charge in [-0.05, 0) is 0 Å². The fraction of sp³-hybridized carbons (Fsp3) is 1.00. The van der Waals surface area contributed by atoms with Gasteiger partial charge in [0.1, 0.15) is 0 Å². The monoisotopic (exact) mass is 94.0 g/mol. The van der Waals surface area contributed by atoms with Crippen LogP contribution in [0.1, 0.15) is 0 Å². The van der Waals surface area contributed by atoms with E-state index in [9.17, 15) is 0 Å². The summed E-state index contributed by atoms with van der Waals surface area (Å²) in [6.45, 7) is 0. The zero-order chi connectivity index (χ0) is 2.71. The third kappa shape index (κ3) is 27.5. The molecular weight excluding hydrogens is 87.9 g/mol. The smallest absolute Gasteiger partial charge is 0.668 e. The zero-order valence-corrected chi connectivity index (χ0v) is 7.15. The van der Waals surface area contributed by atoms with Crippen molar-refractivity contribution in [3.63, 3.8) is 0 Å². The maximum Gasteiger partial charge on any atom is 1.00 e. The Kier molecular flexibility index (Phi) is 55.3. The second kappa shape index (κ2) is 17.4. The largest absolute Gasteiger partial charge is 1.00 e. The Morgan fingerprint density at radius 3 is 1.20 bits per heavy atom. The fourth-order valence-corrected chi connectivity index (χ4v) is 0. The molecule has 0 saturated carbocycles. The molecule has 0 aliphatic heterocycles. The van der Waals surface area contributed by atoms with E-state index in [4.69, 9.17) is 0 Å². The van der Waals surface area contributed by atoms with Crippen LogP contribution >= 0.6 is 0 Å². The second-order valence-corrected chi connectivity index (χ2v) is 0.447. The van der Waals surface area contributed by atoms with E-state index in [0.717, 1.165) is 0 Å². The predicted molar refractivity (Wildman–Crippen MR) is 21.0 cm³/mol. The summed E-state index contributed by atoms with van der Waals surface area (Å²) in [5, 5.41) is 3.50. The molecule has 0 amide bonds. The zero-order valence-electron chi connectivity index (χ0n) is 4.02. The number of nitrogens with zero attached hydrogens (tertiary/aromatic N) is 1. The summed E-state index contributed by atoms with van der Waals surface area (Å²) in [7, 11) is 3.50. The van der Waals surface area contributed by atoms with Crippen LogP contribution in [0.5, 0.6) is 0 Å². The minimum Gasteiger partial charge on any atom is -0.668 e. The Morgan fingerprint density at radius 1 is 1.20 bits per heavy atom. The van der Waals surface area contributed by atoms with Crippen LogP contribution in [0.25, 0.3) is 5.32 Å². The molecule has 0 heterocycles. The van der Waals surface area contributed by atoms with Crippen molar-refractivity contribution >= 4 is 8.41 Å². The molecule has 0 rings (SSSR count). The summed E-state index contributed by atoms with van der Waals surface area (Å²) in [5.74, 6) is 0. The van der Waals surface area contributed by atoms with Crippen LogP contribution in [-0.4, -0.2) is 22.5 Å². The first-order valence-electron chi connectivity index (χ1n) is 0.894. The van der Waals surface area contributed by atoms with Gasteiger partial charge in [-0.15, -0.1) is 0 Å². The Labute approximate surface area is 77.9 Å². The van der Waals surface area contributed by atoms with E-state index in [1.807, 2.05) is 0 Å². The quantitative estimate of drug-likeness (QED) is 0.289. The minimum atomic E-state index is 0. The molecule has 0 aliphatic rings. The van der Waals surface area contributed by atoms with Gasteiger partial charge in [0.15, 0.2) is 0 Å². The van der Waals surface area contributed by atoms with Gasteiger partial charge in [-0.1, -0.05) is 0 Å². The van der Waals surface area contributed by atoms with E-state index in [-0.39, 0.29) is 59.8 Å². The van der Waals surface area contributed by atoms with Crippen molar-refractivity contribution in [1.29, 1.82) is 0 Å². The summed E-state index contributed by atoms with van der Waals surface area (Å²) in [4.78, 5) is 0. The van der Waals surface area contributed by atoms with E-state index < -0.39 is 0 Å². The molecule has 0 aromatic rings. The first kappa shape index (κ1) is 15.9. The van der Waals surface area contributed by atoms with Crippen molar-refractivity contribution in [3.05, 3.63) is 5.32 Å². The number of hydrogen-bond donors (Lipinski definition) is 0. The molecule has 0 aromatic carbocycles. The molecule has 0 saturated heterocycles. The van der Waals surface area contributed by atoms with Crippen LogP contribution in [0.2, 0.25) is 0 Å². The SMILES string of the molecule is C[N-]C.[B].[K+]. The molecule has 5 heavy (non-hydrogen) atoms. The maximum atomic E-state index is 3.50. The van der Waals surface area contributed by atoms with Crippen LogP contribution in [0.15, 0.2) is 0 Å². The number of hydrogen-bond acceptors (Lipinski definition) is 0. The van der Waals surface area contributed by atoms with Crippen molar-refractivity contribution in [1.82, 2.24) is 0 Å². The molecule has 0 atom stereocenters. The summed E-state index contributed by atoms with van der Waals surface area (Å²) in [6.07, 6.45) is 0. The van der Waals surface area contributed by atoms with Gasteiger partial charge in [0, 0.05) is 8.41 Å². The topological polar surface area (TPSA) is 14.1 Å². The van der Waals surface area contributed by atoms with Crippen molar-refractivity contribution in [2.45, 2.75) is 0 Å². The molecule has 0 aromatic heterocycles. The predicted octanol–water partition coefficient (Wildman–Crippen LogP) is -2.76. The van der Waals surface area contributed by atoms with Crippen molar-refractivity contribution in [2.24, 2.45) is 0 Å². The molecule has 0 bridgehead atoms. The average molecular weight is 94.0 g/mol. The van der Waals surface area contributed by atoms with E-state index in [1.165, 1.54) is 0 Å².